The zero-order chi connectivity index (χ0) is 5.70. The van der Waals surface area contributed by atoms with Gasteiger partial charge in [0, 0.05) is 6.20 Å². The van der Waals surface area contributed by atoms with Crippen molar-refractivity contribution in [1.82, 2.24) is 0 Å². The van der Waals surface area contributed by atoms with E-state index in [-0.39, 0.29) is 0 Å². The van der Waals surface area contributed by atoms with Crippen LogP contribution in [0.5, 0.6) is 0 Å². The second-order valence-corrected chi connectivity index (χ2v) is 1.65. The van der Waals surface area contributed by atoms with Gasteiger partial charge in [-0.2, -0.15) is 0 Å². The summed E-state index contributed by atoms with van der Waals surface area (Å²) in [6.45, 7) is 6.84. The van der Waals surface area contributed by atoms with Crippen molar-refractivity contribution >= 4 is 20.6 Å². The van der Waals surface area contributed by atoms with Crippen molar-refractivity contribution in [3.8, 4) is 0 Å². The topological polar surface area (TPSA) is 12.4 Å². The highest BCUT2D eigenvalue weighted by molar-refractivity contribution is 9.18. The Balaban J connectivity index is 3.72. The van der Waals surface area contributed by atoms with E-state index in [9.17, 15) is 0 Å². The van der Waals surface area contributed by atoms with Crippen molar-refractivity contribution < 1.29 is 0 Å². The van der Waals surface area contributed by atoms with E-state index < -0.39 is 0 Å². The van der Waals surface area contributed by atoms with Gasteiger partial charge in [-0.3, -0.25) is 4.99 Å². The van der Waals surface area contributed by atoms with Gasteiger partial charge in [0.05, 0.1) is 0 Å². The minimum Gasteiger partial charge on any atom is -0.250 e. The summed E-state index contributed by atoms with van der Waals surface area (Å²) >= 11 is 3.10. The number of aliphatic imine (C=N–C) groups is 1. The molecule has 0 unspecified atom stereocenters. The van der Waals surface area contributed by atoms with Gasteiger partial charge in [-0.25, -0.2) is 0 Å². The van der Waals surface area contributed by atoms with Crippen LogP contribution in [0, 0.1) is 0 Å². The van der Waals surface area contributed by atoms with Gasteiger partial charge in [0.1, 0.15) is 4.62 Å². The van der Waals surface area contributed by atoms with Crippen LogP contribution in [0.25, 0.3) is 0 Å². The first kappa shape index (κ1) is 6.63. The Morgan fingerprint density at radius 1 is 1.57 bits per heavy atom. The van der Waals surface area contributed by atoms with Gasteiger partial charge in [0.25, 0.3) is 0 Å². The smallest absolute Gasteiger partial charge is 0.105 e. The molecule has 0 aromatic rings. The van der Waals surface area contributed by atoms with E-state index in [1.807, 2.05) is 0 Å². The Labute approximate surface area is 51.6 Å². The Bertz CT molecular complexity index is 105. The zero-order valence-corrected chi connectivity index (χ0v) is 5.48. The molecule has 0 N–H and O–H groups in total. The predicted octanol–water partition coefficient (Wildman–Crippen LogP) is 2.11. The van der Waals surface area contributed by atoms with E-state index in [2.05, 4.69) is 34.1 Å². The molecule has 0 heterocycles. The van der Waals surface area contributed by atoms with Gasteiger partial charge >= 0.3 is 0 Å². The fourth-order valence-electron chi connectivity index (χ4n) is 0.140. The Morgan fingerprint density at radius 2 is 2.14 bits per heavy atom. The number of hydrogen-bond acceptors (Lipinski definition) is 1. The fraction of sp³-hybridized carbons (Fsp3) is 0. The molecule has 2 heteroatoms. The second-order valence-electron chi connectivity index (χ2n) is 0.839. The number of nitrogens with zero attached hydrogens (tertiary/aromatic N) is 1. The molecule has 7 heavy (non-hydrogen) atoms. The number of halogens is 1. The van der Waals surface area contributed by atoms with Crippen molar-refractivity contribution in [2.45, 2.75) is 0 Å². The predicted molar refractivity (Wildman–Crippen MR) is 36.8 cm³/mol. The van der Waals surface area contributed by atoms with Gasteiger partial charge < -0.3 is 0 Å². The molecule has 1 nitrogen and oxygen atoms in total. The highest BCUT2D eigenvalue weighted by atomic mass is 79.9. The van der Waals surface area contributed by atoms with Gasteiger partial charge in [0.2, 0.25) is 0 Å². The van der Waals surface area contributed by atoms with Crippen LogP contribution in [-0.4, -0.2) is 4.62 Å². The summed E-state index contributed by atoms with van der Waals surface area (Å²) in [5.41, 5.74) is 0. The van der Waals surface area contributed by atoms with Gasteiger partial charge in [-0.1, -0.05) is 13.2 Å². The highest BCUT2D eigenvalue weighted by Gasteiger charge is 1.73. The average Bonchev–Trinajstić information content (AvgIpc) is 1.68. The number of allylic oxidation sites excluding steroid dienone is 1. The van der Waals surface area contributed by atoms with E-state index in [0.717, 1.165) is 0 Å². The van der Waals surface area contributed by atoms with E-state index >= 15 is 0 Å². The molecular formula is C5H6BrN. The summed E-state index contributed by atoms with van der Waals surface area (Å²) in [7, 11) is 0. The fourth-order valence-corrected chi connectivity index (χ4v) is 0.285. The Kier molecular flexibility index (Phi) is 3.61. The van der Waals surface area contributed by atoms with Crippen LogP contribution in [-0.2, 0) is 0 Å². The molecule has 0 aromatic carbocycles. The molecule has 0 aliphatic heterocycles. The largest absolute Gasteiger partial charge is 0.250 e. The Hall–Kier alpha value is -0.370. The van der Waals surface area contributed by atoms with Crippen molar-refractivity contribution in [3.63, 3.8) is 0 Å². The average molecular weight is 160 g/mol. The van der Waals surface area contributed by atoms with Crippen molar-refractivity contribution in [1.29, 1.82) is 0 Å². The van der Waals surface area contributed by atoms with E-state index in [1.165, 1.54) is 6.20 Å². The van der Waals surface area contributed by atoms with Crippen LogP contribution in [0.3, 0.4) is 0 Å². The lowest BCUT2D eigenvalue weighted by molar-refractivity contribution is 1.62. The van der Waals surface area contributed by atoms with Crippen molar-refractivity contribution in [3.05, 3.63) is 25.4 Å². The SMILES string of the molecule is C=C/N=C(/Br)C=C. The first-order valence-electron chi connectivity index (χ1n) is 1.78. The maximum Gasteiger partial charge on any atom is 0.105 e. The maximum absolute atomic E-state index is 3.72. The molecule has 0 saturated heterocycles. The summed E-state index contributed by atoms with van der Waals surface area (Å²) in [5.74, 6) is 0. The third-order valence-corrected chi connectivity index (χ3v) is 0.912. The molecule has 0 saturated carbocycles. The van der Waals surface area contributed by atoms with E-state index in [4.69, 9.17) is 0 Å². The molecule has 0 spiro atoms. The van der Waals surface area contributed by atoms with Gasteiger partial charge in [-0.15, -0.1) is 0 Å². The first-order chi connectivity index (χ1) is 3.31. The third-order valence-electron chi connectivity index (χ3n) is 0.383. The van der Waals surface area contributed by atoms with Crippen LogP contribution in [0.4, 0.5) is 0 Å². The minimum atomic E-state index is 0.711. The van der Waals surface area contributed by atoms with E-state index in [0.29, 0.717) is 4.62 Å². The molecule has 0 radical (unpaired) electrons. The standard InChI is InChI=1S/C5H6BrN/c1-3-5(6)7-4-2/h3-4H,1-2H2/b7-5+. The Morgan fingerprint density at radius 3 is 2.29 bits per heavy atom. The zero-order valence-electron chi connectivity index (χ0n) is 3.89. The monoisotopic (exact) mass is 159 g/mol. The first-order valence-corrected chi connectivity index (χ1v) is 2.57. The summed E-state index contributed by atoms with van der Waals surface area (Å²) in [6, 6.07) is 0. The minimum absolute atomic E-state index is 0.711. The lowest BCUT2D eigenvalue weighted by Gasteiger charge is -1.76. The van der Waals surface area contributed by atoms with Crippen LogP contribution >= 0.6 is 15.9 Å². The third kappa shape index (κ3) is 3.46. The summed E-state index contributed by atoms with van der Waals surface area (Å²) < 4.78 is 0.711. The molecular weight excluding hydrogens is 154 g/mol. The molecule has 0 rings (SSSR count). The lowest BCUT2D eigenvalue weighted by atomic mass is 10.7. The lowest BCUT2D eigenvalue weighted by Crippen LogP contribution is -1.70. The highest BCUT2D eigenvalue weighted by Crippen LogP contribution is 1.88. The molecule has 0 aliphatic carbocycles. The molecule has 0 aromatic heterocycles. The van der Waals surface area contributed by atoms with E-state index in [1.54, 1.807) is 6.08 Å². The quantitative estimate of drug-likeness (QED) is 0.548. The van der Waals surface area contributed by atoms with Gasteiger partial charge in [-0.05, 0) is 22.0 Å². The molecule has 0 fully saturated rings. The summed E-state index contributed by atoms with van der Waals surface area (Å²) in [6.07, 6.45) is 3.05. The molecule has 38 valence electrons. The molecule has 0 bridgehead atoms. The van der Waals surface area contributed by atoms with Crippen LogP contribution in [0.1, 0.15) is 0 Å². The number of rotatable bonds is 2. The molecule has 0 aliphatic rings. The number of hydrogen-bond donors (Lipinski definition) is 0. The van der Waals surface area contributed by atoms with Crippen molar-refractivity contribution in [2.75, 3.05) is 0 Å². The second kappa shape index (κ2) is 3.81. The van der Waals surface area contributed by atoms with Crippen LogP contribution in [0.15, 0.2) is 30.4 Å². The normalized spacial score (nSPS) is 10.7. The maximum atomic E-state index is 3.72. The van der Waals surface area contributed by atoms with Gasteiger partial charge in [0.15, 0.2) is 0 Å². The summed E-state index contributed by atoms with van der Waals surface area (Å²) in [4.78, 5) is 3.72. The van der Waals surface area contributed by atoms with Crippen molar-refractivity contribution in [2.24, 2.45) is 4.99 Å². The van der Waals surface area contributed by atoms with Crippen LogP contribution < -0.4 is 0 Å². The summed E-state index contributed by atoms with van der Waals surface area (Å²) in [5, 5.41) is 0. The molecule has 0 atom stereocenters. The van der Waals surface area contributed by atoms with Crippen LogP contribution in [0.2, 0.25) is 0 Å². The molecule has 0 amide bonds.